The Balaban J connectivity index is 0.00000120. The average Bonchev–Trinajstić information content (AvgIpc) is 2.58. The summed E-state index contributed by atoms with van der Waals surface area (Å²) in [5.74, 6) is 0. The first-order valence-electron chi connectivity index (χ1n) is 6.37. The van der Waals surface area contributed by atoms with Gasteiger partial charge in [0.05, 0.1) is 42.9 Å². The molecular formula is C12H22N4OS. The SMILES string of the molecule is Cc1c(N)cnn1[C@H]1CCCN(C2COC2)C1.S. The largest absolute Gasteiger partial charge is 0.396 e. The zero-order chi connectivity index (χ0) is 11.8. The van der Waals surface area contributed by atoms with Crippen LogP contribution in [0.2, 0.25) is 0 Å². The van der Waals surface area contributed by atoms with Gasteiger partial charge in [-0.2, -0.15) is 18.6 Å². The molecule has 5 nitrogen and oxygen atoms in total. The van der Waals surface area contributed by atoms with E-state index >= 15 is 0 Å². The molecule has 0 amide bonds. The summed E-state index contributed by atoms with van der Waals surface area (Å²) < 4.78 is 7.37. The van der Waals surface area contributed by atoms with Crippen molar-refractivity contribution in [3.63, 3.8) is 0 Å². The van der Waals surface area contributed by atoms with Gasteiger partial charge in [-0.3, -0.25) is 9.58 Å². The fourth-order valence-electron chi connectivity index (χ4n) is 2.75. The van der Waals surface area contributed by atoms with Gasteiger partial charge in [0, 0.05) is 6.54 Å². The minimum Gasteiger partial charge on any atom is -0.396 e. The summed E-state index contributed by atoms with van der Waals surface area (Å²) in [5, 5.41) is 4.41. The molecule has 1 atom stereocenters. The number of nitrogen functional groups attached to an aromatic ring is 1. The molecule has 0 bridgehead atoms. The first kappa shape index (κ1) is 13.7. The van der Waals surface area contributed by atoms with E-state index in [2.05, 4.69) is 14.7 Å². The number of aromatic nitrogens is 2. The van der Waals surface area contributed by atoms with E-state index in [1.165, 1.54) is 19.4 Å². The van der Waals surface area contributed by atoms with Gasteiger partial charge in [-0.25, -0.2) is 0 Å². The lowest BCUT2D eigenvalue weighted by Crippen LogP contribution is -2.52. The van der Waals surface area contributed by atoms with Crippen LogP contribution in [0.25, 0.3) is 0 Å². The molecule has 18 heavy (non-hydrogen) atoms. The standard InChI is InChI=1S/C12H20N4O.H2S/c1-9-12(13)5-14-16(9)10-3-2-4-15(6-10)11-7-17-8-11;/h5,10-11H,2-4,6-8,13H2,1H3;1H2/t10-;/m0./s1. The highest BCUT2D eigenvalue weighted by Gasteiger charge is 2.31. The smallest absolute Gasteiger partial charge is 0.0730 e. The summed E-state index contributed by atoms with van der Waals surface area (Å²) in [6, 6.07) is 1.10. The van der Waals surface area contributed by atoms with Crippen LogP contribution in [-0.2, 0) is 4.74 Å². The maximum atomic E-state index is 5.86. The topological polar surface area (TPSA) is 56.3 Å². The highest BCUT2D eigenvalue weighted by molar-refractivity contribution is 7.59. The molecule has 0 saturated carbocycles. The summed E-state index contributed by atoms with van der Waals surface area (Å²) in [6.07, 6.45) is 4.20. The third-order valence-corrected chi connectivity index (χ3v) is 3.99. The number of likely N-dealkylation sites (tertiary alicyclic amines) is 1. The van der Waals surface area contributed by atoms with Gasteiger partial charge < -0.3 is 10.5 Å². The van der Waals surface area contributed by atoms with Crippen molar-refractivity contribution in [3.05, 3.63) is 11.9 Å². The molecule has 102 valence electrons. The number of anilines is 1. The van der Waals surface area contributed by atoms with Crippen molar-refractivity contribution in [3.8, 4) is 0 Å². The van der Waals surface area contributed by atoms with Crippen molar-refractivity contribution in [2.24, 2.45) is 0 Å². The molecule has 2 aliphatic heterocycles. The Bertz CT molecular complexity index is 405. The number of nitrogens with zero attached hydrogens (tertiary/aromatic N) is 3. The molecule has 2 N–H and O–H groups in total. The highest BCUT2D eigenvalue weighted by Crippen LogP contribution is 2.26. The highest BCUT2D eigenvalue weighted by atomic mass is 32.1. The minimum absolute atomic E-state index is 0. The Kier molecular flexibility index (Phi) is 4.19. The lowest BCUT2D eigenvalue weighted by atomic mass is 10.0. The molecule has 1 aromatic heterocycles. The van der Waals surface area contributed by atoms with Gasteiger partial charge >= 0.3 is 0 Å². The quantitative estimate of drug-likeness (QED) is 0.868. The zero-order valence-electron chi connectivity index (χ0n) is 10.8. The summed E-state index contributed by atoms with van der Waals surface area (Å²) in [6.45, 7) is 6.12. The van der Waals surface area contributed by atoms with Crippen LogP contribution in [0.5, 0.6) is 0 Å². The van der Waals surface area contributed by atoms with Crippen molar-refractivity contribution < 1.29 is 4.74 Å². The van der Waals surface area contributed by atoms with E-state index in [1.54, 1.807) is 6.20 Å². The molecule has 1 aromatic rings. The second-order valence-corrected chi connectivity index (χ2v) is 5.11. The van der Waals surface area contributed by atoms with Crippen molar-refractivity contribution in [2.45, 2.75) is 31.8 Å². The third kappa shape index (κ3) is 2.37. The zero-order valence-corrected chi connectivity index (χ0v) is 11.8. The van der Waals surface area contributed by atoms with Crippen LogP contribution in [-0.4, -0.2) is 47.0 Å². The summed E-state index contributed by atoms with van der Waals surface area (Å²) in [5.41, 5.74) is 7.76. The van der Waals surface area contributed by atoms with Gasteiger partial charge in [-0.15, -0.1) is 0 Å². The Morgan fingerprint density at radius 3 is 2.72 bits per heavy atom. The molecule has 0 aliphatic carbocycles. The fraction of sp³-hybridized carbons (Fsp3) is 0.750. The number of piperidine rings is 1. The summed E-state index contributed by atoms with van der Waals surface area (Å²) >= 11 is 0. The number of hydrogen-bond acceptors (Lipinski definition) is 4. The van der Waals surface area contributed by atoms with Gasteiger partial charge in [0.1, 0.15) is 0 Å². The van der Waals surface area contributed by atoms with Crippen molar-refractivity contribution in [2.75, 3.05) is 32.0 Å². The number of hydrogen-bond donors (Lipinski definition) is 1. The molecule has 2 aliphatic rings. The molecule has 3 rings (SSSR count). The molecule has 0 radical (unpaired) electrons. The summed E-state index contributed by atoms with van der Waals surface area (Å²) in [7, 11) is 0. The van der Waals surface area contributed by atoms with Crippen molar-refractivity contribution in [1.29, 1.82) is 0 Å². The lowest BCUT2D eigenvalue weighted by molar-refractivity contribution is -0.0758. The average molecular weight is 270 g/mol. The number of nitrogens with two attached hydrogens (primary N) is 1. The first-order chi connectivity index (χ1) is 8.25. The molecule has 3 heterocycles. The van der Waals surface area contributed by atoms with Gasteiger partial charge in [0.25, 0.3) is 0 Å². The Morgan fingerprint density at radius 2 is 2.17 bits per heavy atom. The van der Waals surface area contributed by atoms with E-state index in [1.807, 2.05) is 6.92 Å². The minimum atomic E-state index is 0. The van der Waals surface area contributed by atoms with E-state index in [0.29, 0.717) is 12.1 Å². The molecule has 0 aromatic carbocycles. The van der Waals surface area contributed by atoms with Gasteiger partial charge in [-0.1, -0.05) is 0 Å². The van der Waals surface area contributed by atoms with Gasteiger partial charge in [0.2, 0.25) is 0 Å². The first-order valence-corrected chi connectivity index (χ1v) is 6.37. The maximum Gasteiger partial charge on any atom is 0.0730 e. The van der Waals surface area contributed by atoms with Crippen LogP contribution < -0.4 is 5.73 Å². The van der Waals surface area contributed by atoms with E-state index in [0.717, 1.165) is 31.1 Å². The number of rotatable bonds is 2. The lowest BCUT2D eigenvalue weighted by Gasteiger charge is -2.42. The van der Waals surface area contributed by atoms with E-state index in [4.69, 9.17) is 10.5 Å². The van der Waals surface area contributed by atoms with E-state index in [9.17, 15) is 0 Å². The Morgan fingerprint density at radius 1 is 1.39 bits per heavy atom. The van der Waals surface area contributed by atoms with Gasteiger partial charge in [0.15, 0.2) is 0 Å². The molecule has 0 unspecified atom stereocenters. The van der Waals surface area contributed by atoms with E-state index < -0.39 is 0 Å². The monoisotopic (exact) mass is 270 g/mol. The predicted molar refractivity (Wildman–Crippen MR) is 76.2 cm³/mol. The summed E-state index contributed by atoms with van der Waals surface area (Å²) in [4.78, 5) is 2.54. The van der Waals surface area contributed by atoms with Crippen molar-refractivity contribution in [1.82, 2.24) is 14.7 Å². The van der Waals surface area contributed by atoms with E-state index in [-0.39, 0.29) is 13.5 Å². The second-order valence-electron chi connectivity index (χ2n) is 5.11. The van der Waals surface area contributed by atoms with Crippen LogP contribution in [0, 0.1) is 6.92 Å². The normalized spacial score (nSPS) is 25.5. The maximum absolute atomic E-state index is 5.86. The van der Waals surface area contributed by atoms with Crippen molar-refractivity contribution >= 4 is 19.2 Å². The predicted octanol–water partition coefficient (Wildman–Crippen LogP) is 0.922. The molecule has 2 saturated heterocycles. The van der Waals surface area contributed by atoms with Crippen LogP contribution in [0.15, 0.2) is 6.20 Å². The van der Waals surface area contributed by atoms with Crippen LogP contribution in [0.1, 0.15) is 24.6 Å². The third-order valence-electron chi connectivity index (χ3n) is 3.99. The molecular weight excluding hydrogens is 248 g/mol. The van der Waals surface area contributed by atoms with Crippen LogP contribution in [0.3, 0.4) is 0 Å². The molecule has 0 spiro atoms. The second kappa shape index (κ2) is 5.50. The fourth-order valence-corrected chi connectivity index (χ4v) is 2.75. The van der Waals surface area contributed by atoms with Gasteiger partial charge in [-0.05, 0) is 26.3 Å². The van der Waals surface area contributed by atoms with Crippen LogP contribution >= 0.6 is 13.5 Å². The van der Waals surface area contributed by atoms with Crippen LogP contribution in [0.4, 0.5) is 5.69 Å². The molecule has 2 fully saturated rings. The number of ether oxygens (including phenoxy) is 1. The molecule has 6 heteroatoms. The Labute approximate surface area is 115 Å². The Hall–Kier alpha value is -0.720.